The number of hydrogen-bond acceptors (Lipinski definition) is 3. The molecule has 0 saturated heterocycles. The van der Waals surface area contributed by atoms with Crippen molar-refractivity contribution in [2.24, 2.45) is 0 Å². The average molecular weight is 309 g/mol. The van der Waals surface area contributed by atoms with Gasteiger partial charge >= 0.3 is 0 Å². The first-order chi connectivity index (χ1) is 9.69. The van der Waals surface area contributed by atoms with Crippen LogP contribution in [0.5, 0.6) is 0 Å². The Labute approximate surface area is 128 Å². The first-order valence-electron chi connectivity index (χ1n) is 6.49. The number of rotatable bonds is 6. The molecule has 5 heteroatoms. The topological polar surface area (TPSA) is 42.0 Å². The zero-order valence-corrected chi connectivity index (χ0v) is 12.9. The van der Waals surface area contributed by atoms with Crippen molar-refractivity contribution in [3.63, 3.8) is 0 Å². The van der Waals surface area contributed by atoms with E-state index in [1.807, 2.05) is 17.5 Å². The van der Waals surface area contributed by atoms with Gasteiger partial charge in [0.2, 0.25) is 5.91 Å². The van der Waals surface area contributed by atoms with Crippen LogP contribution in [0.4, 0.5) is 0 Å². The predicted molar refractivity (Wildman–Crippen MR) is 83.3 cm³/mol. The molecule has 0 aliphatic heterocycles. The molecule has 0 unspecified atom stereocenters. The Bertz CT molecular complexity index is 583. The van der Waals surface area contributed by atoms with Crippen molar-refractivity contribution in [1.82, 2.24) is 10.3 Å². The van der Waals surface area contributed by atoms with Crippen molar-refractivity contribution in [3.05, 3.63) is 51.5 Å². The summed E-state index contributed by atoms with van der Waals surface area (Å²) in [6, 6.07) is 8.22. The zero-order valence-electron chi connectivity index (χ0n) is 11.4. The molecule has 2 rings (SSSR count). The molecule has 3 nitrogen and oxygen atoms in total. The fraction of sp³-hybridized carbons (Fsp3) is 0.333. The molecule has 1 heterocycles. The van der Waals surface area contributed by atoms with Crippen molar-refractivity contribution >= 4 is 28.8 Å². The standard InChI is InChI=1S/C15H17ClN2OS/c1-11-4-2-3-5-12(11)6-7-17-14(19)8-15-18-13(9-16)10-20-15/h2-5,10H,6-9H2,1H3,(H,17,19). The molecule has 0 aliphatic carbocycles. The summed E-state index contributed by atoms with van der Waals surface area (Å²) in [6.45, 7) is 2.73. The number of halogens is 1. The van der Waals surface area contributed by atoms with E-state index in [-0.39, 0.29) is 5.91 Å². The molecule has 1 aromatic heterocycles. The van der Waals surface area contributed by atoms with E-state index in [0.717, 1.165) is 17.1 Å². The monoisotopic (exact) mass is 308 g/mol. The van der Waals surface area contributed by atoms with Crippen LogP contribution in [0, 0.1) is 6.92 Å². The van der Waals surface area contributed by atoms with Crippen LogP contribution in [0.15, 0.2) is 29.6 Å². The third-order valence-corrected chi connectivity index (χ3v) is 4.20. The Morgan fingerprint density at radius 3 is 2.90 bits per heavy atom. The lowest BCUT2D eigenvalue weighted by Gasteiger charge is -2.06. The molecule has 0 atom stereocenters. The molecule has 0 radical (unpaired) electrons. The Hall–Kier alpha value is -1.39. The SMILES string of the molecule is Cc1ccccc1CCNC(=O)Cc1nc(CCl)cs1. The number of amides is 1. The maximum absolute atomic E-state index is 11.8. The number of carbonyl (C=O) groups excluding carboxylic acids is 1. The molecule has 20 heavy (non-hydrogen) atoms. The molecule has 0 aliphatic rings. The second-order valence-corrected chi connectivity index (χ2v) is 5.78. The highest BCUT2D eigenvalue weighted by atomic mass is 35.5. The smallest absolute Gasteiger partial charge is 0.226 e. The summed E-state index contributed by atoms with van der Waals surface area (Å²) >= 11 is 7.17. The van der Waals surface area contributed by atoms with Gasteiger partial charge in [-0.1, -0.05) is 24.3 Å². The van der Waals surface area contributed by atoms with Crippen molar-refractivity contribution in [1.29, 1.82) is 0 Å². The largest absolute Gasteiger partial charge is 0.355 e. The normalized spacial score (nSPS) is 10.5. The van der Waals surface area contributed by atoms with Gasteiger partial charge in [-0.25, -0.2) is 4.98 Å². The fourth-order valence-electron chi connectivity index (χ4n) is 1.92. The van der Waals surface area contributed by atoms with Crippen molar-refractivity contribution in [2.75, 3.05) is 6.54 Å². The van der Waals surface area contributed by atoms with Gasteiger partial charge in [0.05, 0.1) is 18.0 Å². The number of hydrogen-bond donors (Lipinski definition) is 1. The third-order valence-electron chi connectivity index (χ3n) is 3.03. The molecule has 0 spiro atoms. The lowest BCUT2D eigenvalue weighted by atomic mass is 10.1. The van der Waals surface area contributed by atoms with E-state index >= 15 is 0 Å². The second-order valence-electron chi connectivity index (χ2n) is 4.57. The summed E-state index contributed by atoms with van der Waals surface area (Å²) < 4.78 is 0. The van der Waals surface area contributed by atoms with Crippen molar-refractivity contribution in [2.45, 2.75) is 25.6 Å². The van der Waals surface area contributed by atoms with Crippen LogP contribution >= 0.6 is 22.9 Å². The van der Waals surface area contributed by atoms with E-state index in [1.54, 1.807) is 0 Å². The van der Waals surface area contributed by atoms with Gasteiger partial charge < -0.3 is 5.32 Å². The average Bonchev–Trinajstić information content (AvgIpc) is 2.88. The fourth-order valence-corrected chi connectivity index (χ4v) is 2.94. The van der Waals surface area contributed by atoms with Crippen LogP contribution < -0.4 is 5.32 Å². The Balaban J connectivity index is 1.77. The van der Waals surface area contributed by atoms with E-state index in [1.165, 1.54) is 22.5 Å². The highest BCUT2D eigenvalue weighted by Crippen LogP contribution is 2.12. The molecule has 106 valence electrons. The van der Waals surface area contributed by atoms with Crippen LogP contribution in [-0.2, 0) is 23.5 Å². The minimum Gasteiger partial charge on any atom is -0.355 e. The van der Waals surface area contributed by atoms with Gasteiger partial charge in [-0.05, 0) is 24.5 Å². The Morgan fingerprint density at radius 2 is 2.20 bits per heavy atom. The molecular weight excluding hydrogens is 292 g/mol. The molecule has 0 fully saturated rings. The van der Waals surface area contributed by atoms with Gasteiger partial charge in [0.25, 0.3) is 0 Å². The number of thiazole rings is 1. The van der Waals surface area contributed by atoms with Crippen LogP contribution in [0.2, 0.25) is 0 Å². The highest BCUT2D eigenvalue weighted by molar-refractivity contribution is 7.09. The van der Waals surface area contributed by atoms with Crippen LogP contribution in [0.1, 0.15) is 21.8 Å². The summed E-state index contributed by atoms with van der Waals surface area (Å²) in [5.41, 5.74) is 3.36. The van der Waals surface area contributed by atoms with Crippen LogP contribution in [-0.4, -0.2) is 17.4 Å². The van der Waals surface area contributed by atoms with Crippen LogP contribution in [0.25, 0.3) is 0 Å². The molecule has 2 aromatic rings. The molecule has 1 amide bonds. The maximum Gasteiger partial charge on any atom is 0.226 e. The van der Waals surface area contributed by atoms with Crippen molar-refractivity contribution in [3.8, 4) is 0 Å². The number of aryl methyl sites for hydroxylation is 1. The molecular formula is C15H17ClN2OS. The first kappa shape index (κ1) is 15.0. The summed E-state index contributed by atoms with van der Waals surface area (Å²) in [4.78, 5) is 16.1. The molecule has 1 N–H and O–H groups in total. The lowest BCUT2D eigenvalue weighted by molar-refractivity contribution is -0.120. The number of aromatic nitrogens is 1. The zero-order chi connectivity index (χ0) is 14.4. The summed E-state index contributed by atoms with van der Waals surface area (Å²) in [5.74, 6) is 0.403. The number of nitrogens with zero attached hydrogens (tertiary/aromatic N) is 1. The summed E-state index contributed by atoms with van der Waals surface area (Å²) in [6.07, 6.45) is 1.18. The summed E-state index contributed by atoms with van der Waals surface area (Å²) in [5, 5.41) is 5.63. The molecule has 1 aromatic carbocycles. The van der Waals surface area contributed by atoms with Gasteiger partial charge in [0.1, 0.15) is 5.01 Å². The van der Waals surface area contributed by atoms with E-state index in [4.69, 9.17) is 11.6 Å². The second kappa shape index (κ2) is 7.41. The van der Waals surface area contributed by atoms with E-state index in [0.29, 0.717) is 18.8 Å². The maximum atomic E-state index is 11.8. The van der Waals surface area contributed by atoms with Gasteiger partial charge in [-0.3, -0.25) is 4.79 Å². The lowest BCUT2D eigenvalue weighted by Crippen LogP contribution is -2.27. The van der Waals surface area contributed by atoms with Gasteiger partial charge in [0.15, 0.2) is 0 Å². The minimum atomic E-state index is 0.00839. The molecule has 0 bridgehead atoms. The predicted octanol–water partition coefficient (Wildman–Crippen LogP) is 3.09. The highest BCUT2D eigenvalue weighted by Gasteiger charge is 2.07. The number of alkyl halides is 1. The van der Waals surface area contributed by atoms with E-state index in [2.05, 4.69) is 29.4 Å². The van der Waals surface area contributed by atoms with E-state index in [9.17, 15) is 4.79 Å². The molecule has 0 saturated carbocycles. The van der Waals surface area contributed by atoms with Crippen LogP contribution in [0.3, 0.4) is 0 Å². The van der Waals surface area contributed by atoms with Gasteiger partial charge in [-0.15, -0.1) is 22.9 Å². The first-order valence-corrected chi connectivity index (χ1v) is 7.91. The van der Waals surface area contributed by atoms with Crippen molar-refractivity contribution < 1.29 is 4.79 Å². The van der Waals surface area contributed by atoms with E-state index < -0.39 is 0 Å². The Kier molecular flexibility index (Phi) is 5.56. The quantitative estimate of drug-likeness (QED) is 0.833. The minimum absolute atomic E-state index is 0.00839. The third kappa shape index (κ3) is 4.32. The Morgan fingerprint density at radius 1 is 1.40 bits per heavy atom. The number of nitrogens with one attached hydrogen (secondary N) is 1. The van der Waals surface area contributed by atoms with Gasteiger partial charge in [-0.2, -0.15) is 0 Å². The van der Waals surface area contributed by atoms with Gasteiger partial charge in [0, 0.05) is 11.9 Å². The number of benzene rings is 1. The number of carbonyl (C=O) groups is 1. The summed E-state index contributed by atoms with van der Waals surface area (Å²) in [7, 11) is 0.